The minimum atomic E-state index is -0.118. The van der Waals surface area contributed by atoms with Gasteiger partial charge in [-0.05, 0) is 108 Å². The van der Waals surface area contributed by atoms with Crippen LogP contribution in [0.15, 0.2) is 182 Å². The predicted octanol–water partition coefficient (Wildman–Crippen LogP) is 15.2. The van der Waals surface area contributed by atoms with Crippen molar-refractivity contribution < 1.29 is 0 Å². The molecule has 0 saturated heterocycles. The molecule has 0 saturated carbocycles. The SMILES string of the molecule is CC1(C)c2ccccc2-c2ccc(-c3cc(-c4ccc5c(c4)C(C)(C)c4ccccc4-5)c4cc(-c5ccc(-c6cccc7cccnc67)cc5)c5ccccc5c4n3)cc21. The van der Waals surface area contributed by atoms with Gasteiger partial charge in [0.15, 0.2) is 0 Å². The van der Waals surface area contributed by atoms with Crippen LogP contribution in [-0.4, -0.2) is 9.97 Å². The van der Waals surface area contributed by atoms with E-state index >= 15 is 0 Å². The summed E-state index contributed by atoms with van der Waals surface area (Å²) in [5.41, 5.74) is 21.8. The Labute approximate surface area is 350 Å². The van der Waals surface area contributed by atoms with Crippen molar-refractivity contribution in [3.8, 4) is 66.9 Å². The molecule has 2 aliphatic rings. The van der Waals surface area contributed by atoms with E-state index < -0.39 is 0 Å². The van der Waals surface area contributed by atoms with Gasteiger partial charge in [0.25, 0.3) is 0 Å². The summed E-state index contributed by atoms with van der Waals surface area (Å²) in [7, 11) is 0. The molecule has 60 heavy (non-hydrogen) atoms. The first-order valence-electron chi connectivity index (χ1n) is 21.1. The number of aromatic nitrogens is 2. The van der Waals surface area contributed by atoms with Gasteiger partial charge < -0.3 is 0 Å². The van der Waals surface area contributed by atoms with Crippen molar-refractivity contribution in [2.75, 3.05) is 0 Å². The summed E-state index contributed by atoms with van der Waals surface area (Å²) in [6.45, 7) is 9.44. The molecule has 0 fully saturated rings. The standard InChI is InChI=1S/C58H42N2/c1-57(2)50-20-9-7-16-42(50)44-28-26-38(31-52(44)57)48-34-54(39-27-29-45-43-17-8-10-21-51(43)58(3,4)53(45)32-39)60-56-46-18-6-5-15-41(46)47(33-49(48)56)36-24-22-35(23-25-36)40-19-11-13-37-14-12-30-59-55(37)40/h5-34H,1-4H3. The van der Waals surface area contributed by atoms with E-state index in [1.54, 1.807) is 0 Å². The first kappa shape index (κ1) is 34.8. The van der Waals surface area contributed by atoms with Gasteiger partial charge in [-0.25, -0.2) is 4.98 Å². The van der Waals surface area contributed by atoms with Crippen molar-refractivity contribution >= 4 is 32.6 Å². The fourth-order valence-electron chi connectivity index (χ4n) is 10.6. The van der Waals surface area contributed by atoms with Gasteiger partial charge in [0, 0.05) is 44.3 Å². The second-order valence-corrected chi connectivity index (χ2v) is 17.7. The molecule has 2 aromatic heterocycles. The normalized spacial score (nSPS) is 14.3. The lowest BCUT2D eigenvalue weighted by molar-refractivity contribution is 0.660. The molecule has 8 aromatic carbocycles. The number of rotatable bonds is 4. The number of hydrogen-bond acceptors (Lipinski definition) is 2. The van der Waals surface area contributed by atoms with E-state index in [2.05, 4.69) is 198 Å². The van der Waals surface area contributed by atoms with Crippen molar-refractivity contribution in [2.24, 2.45) is 0 Å². The van der Waals surface area contributed by atoms with E-state index in [1.165, 1.54) is 72.1 Å². The van der Waals surface area contributed by atoms with Crippen LogP contribution in [0.4, 0.5) is 0 Å². The molecule has 2 aliphatic carbocycles. The van der Waals surface area contributed by atoms with Crippen LogP contribution in [0.1, 0.15) is 49.9 Å². The molecule has 0 radical (unpaired) electrons. The number of fused-ring (bicyclic) bond motifs is 10. The Kier molecular flexibility index (Phi) is 7.36. The number of pyridine rings is 2. The third kappa shape index (κ3) is 5.01. The molecule has 10 aromatic rings. The number of nitrogens with zero attached hydrogens (tertiary/aromatic N) is 2. The number of benzene rings is 8. The largest absolute Gasteiger partial charge is 0.256 e. The minimum Gasteiger partial charge on any atom is -0.256 e. The summed E-state index contributed by atoms with van der Waals surface area (Å²) in [6.07, 6.45) is 1.88. The van der Waals surface area contributed by atoms with E-state index in [0.29, 0.717) is 0 Å². The minimum absolute atomic E-state index is 0.108. The molecule has 0 unspecified atom stereocenters. The first-order valence-corrected chi connectivity index (χ1v) is 21.1. The Bertz CT molecular complexity index is 3420. The van der Waals surface area contributed by atoms with Crippen LogP contribution in [0.25, 0.3) is 99.5 Å². The summed E-state index contributed by atoms with van der Waals surface area (Å²) >= 11 is 0. The van der Waals surface area contributed by atoms with Gasteiger partial charge in [0.05, 0.1) is 16.7 Å². The quantitative estimate of drug-likeness (QED) is 0.167. The summed E-state index contributed by atoms with van der Waals surface area (Å²) < 4.78 is 0. The van der Waals surface area contributed by atoms with Crippen molar-refractivity contribution in [2.45, 2.75) is 38.5 Å². The van der Waals surface area contributed by atoms with E-state index in [9.17, 15) is 0 Å². The average molecular weight is 767 g/mol. The fourth-order valence-corrected chi connectivity index (χ4v) is 10.6. The Morgan fingerprint density at radius 2 is 0.850 bits per heavy atom. The van der Waals surface area contributed by atoms with Gasteiger partial charge in [-0.1, -0.05) is 173 Å². The highest BCUT2D eigenvalue weighted by Crippen LogP contribution is 2.52. The van der Waals surface area contributed by atoms with Gasteiger partial charge >= 0.3 is 0 Å². The van der Waals surface area contributed by atoms with Gasteiger partial charge in [-0.15, -0.1) is 0 Å². The maximum absolute atomic E-state index is 5.63. The smallest absolute Gasteiger partial charge is 0.0794 e. The van der Waals surface area contributed by atoms with E-state index in [1.807, 2.05) is 12.3 Å². The molecule has 2 nitrogen and oxygen atoms in total. The van der Waals surface area contributed by atoms with Crippen molar-refractivity contribution in [3.05, 3.63) is 204 Å². The van der Waals surface area contributed by atoms with Crippen molar-refractivity contribution in [1.29, 1.82) is 0 Å². The maximum atomic E-state index is 5.63. The molecule has 0 atom stereocenters. The lowest BCUT2D eigenvalue weighted by atomic mass is 9.81. The van der Waals surface area contributed by atoms with Crippen molar-refractivity contribution in [3.63, 3.8) is 0 Å². The van der Waals surface area contributed by atoms with Crippen LogP contribution < -0.4 is 0 Å². The lowest BCUT2D eigenvalue weighted by Gasteiger charge is -2.23. The fraction of sp³-hybridized carbons (Fsp3) is 0.103. The number of hydrogen-bond donors (Lipinski definition) is 0. The summed E-state index contributed by atoms with van der Waals surface area (Å²) in [5, 5.41) is 4.64. The molecule has 0 spiro atoms. The topological polar surface area (TPSA) is 25.8 Å². The van der Waals surface area contributed by atoms with E-state index in [4.69, 9.17) is 9.97 Å². The second-order valence-electron chi connectivity index (χ2n) is 17.7. The second kappa shape index (κ2) is 12.7. The van der Waals surface area contributed by atoms with Crippen LogP contribution >= 0.6 is 0 Å². The zero-order chi connectivity index (χ0) is 40.3. The monoisotopic (exact) mass is 766 g/mol. The van der Waals surface area contributed by atoms with Gasteiger partial charge in [0.2, 0.25) is 0 Å². The van der Waals surface area contributed by atoms with Crippen LogP contribution in [-0.2, 0) is 10.8 Å². The first-order chi connectivity index (χ1) is 29.3. The van der Waals surface area contributed by atoms with Crippen molar-refractivity contribution in [1.82, 2.24) is 9.97 Å². The molecular weight excluding hydrogens is 725 g/mol. The van der Waals surface area contributed by atoms with Gasteiger partial charge in [-0.2, -0.15) is 0 Å². The van der Waals surface area contributed by atoms with E-state index in [-0.39, 0.29) is 10.8 Å². The molecule has 2 heteroatoms. The molecule has 0 amide bonds. The zero-order valence-corrected chi connectivity index (χ0v) is 34.2. The highest BCUT2D eigenvalue weighted by molar-refractivity contribution is 6.16. The summed E-state index contributed by atoms with van der Waals surface area (Å²) in [6, 6.07) is 65.0. The molecule has 284 valence electrons. The van der Waals surface area contributed by atoms with Gasteiger partial charge in [-0.3, -0.25) is 4.98 Å². The third-order valence-electron chi connectivity index (χ3n) is 13.7. The van der Waals surface area contributed by atoms with Gasteiger partial charge in [0.1, 0.15) is 0 Å². The Morgan fingerprint density at radius 1 is 0.333 bits per heavy atom. The van der Waals surface area contributed by atoms with Crippen LogP contribution in [0.5, 0.6) is 0 Å². The summed E-state index contributed by atoms with van der Waals surface area (Å²) in [5.74, 6) is 0. The molecule has 2 heterocycles. The molecule has 0 bridgehead atoms. The highest BCUT2D eigenvalue weighted by atomic mass is 14.7. The molecular formula is C58H42N2. The molecule has 0 aliphatic heterocycles. The Balaban J connectivity index is 1.08. The predicted molar refractivity (Wildman–Crippen MR) is 251 cm³/mol. The lowest BCUT2D eigenvalue weighted by Crippen LogP contribution is -2.15. The van der Waals surface area contributed by atoms with Crippen LogP contribution in [0, 0.1) is 0 Å². The Morgan fingerprint density at radius 3 is 1.55 bits per heavy atom. The average Bonchev–Trinajstić information content (AvgIpc) is 3.67. The van der Waals surface area contributed by atoms with Crippen LogP contribution in [0.3, 0.4) is 0 Å². The molecule has 0 N–H and O–H groups in total. The van der Waals surface area contributed by atoms with Crippen LogP contribution in [0.2, 0.25) is 0 Å². The maximum Gasteiger partial charge on any atom is 0.0794 e. The number of para-hydroxylation sites is 1. The zero-order valence-electron chi connectivity index (χ0n) is 34.2. The Hall–Kier alpha value is -7.16. The third-order valence-corrected chi connectivity index (χ3v) is 13.7. The molecule has 12 rings (SSSR count). The highest BCUT2D eigenvalue weighted by Gasteiger charge is 2.37. The van der Waals surface area contributed by atoms with E-state index in [0.717, 1.165) is 49.6 Å². The summed E-state index contributed by atoms with van der Waals surface area (Å²) in [4.78, 5) is 10.4.